The summed E-state index contributed by atoms with van der Waals surface area (Å²) in [6.45, 7) is 0. The van der Waals surface area contributed by atoms with Crippen molar-refractivity contribution in [2.75, 3.05) is 0 Å². The Labute approximate surface area is 170 Å². The SMILES string of the molecule is N.N.N.N.O=S(=O)(O)C(F)(F)F.O=S(=O)(O)C(F)(F)F.O=S(=O)(O)C(F)(F)F.[Os]. The zero-order valence-corrected chi connectivity index (χ0v) is 18.1. The first kappa shape index (κ1) is 51.3. The van der Waals surface area contributed by atoms with Crippen molar-refractivity contribution in [2.45, 2.75) is 16.5 Å². The third-order valence-corrected chi connectivity index (χ3v) is 2.63. The molecule has 0 aromatic heterocycles. The summed E-state index contributed by atoms with van der Waals surface area (Å²) in [5, 5.41) is 0. The molecule has 26 heteroatoms. The number of rotatable bonds is 0. The molecule has 0 aromatic rings. The van der Waals surface area contributed by atoms with Gasteiger partial charge in [0.15, 0.2) is 0 Å². The van der Waals surface area contributed by atoms with Gasteiger partial charge in [-0.25, -0.2) is 0 Å². The van der Waals surface area contributed by atoms with Crippen molar-refractivity contribution in [1.29, 1.82) is 0 Å². The second-order valence-corrected chi connectivity index (χ2v) is 7.00. The molecule has 0 bridgehead atoms. The summed E-state index contributed by atoms with van der Waals surface area (Å²) in [5.74, 6) is 0. The average molecular weight is 709 g/mol. The van der Waals surface area contributed by atoms with Crippen LogP contribution in [-0.2, 0) is 50.1 Å². The Morgan fingerprint density at radius 3 is 0.448 bits per heavy atom. The van der Waals surface area contributed by atoms with Gasteiger partial charge in [-0.2, -0.15) is 64.8 Å². The van der Waals surface area contributed by atoms with Crippen molar-refractivity contribution in [3.63, 3.8) is 0 Å². The van der Waals surface area contributed by atoms with Crippen molar-refractivity contribution < 1.29 is 98.2 Å². The molecule has 0 saturated carbocycles. The van der Waals surface area contributed by atoms with Crippen LogP contribution in [0.2, 0.25) is 0 Å². The van der Waals surface area contributed by atoms with Crippen LogP contribution in [0.1, 0.15) is 0 Å². The fourth-order valence-corrected chi connectivity index (χ4v) is 0. The predicted molar refractivity (Wildman–Crippen MR) is 72.9 cm³/mol. The van der Waals surface area contributed by atoms with Gasteiger partial charge in [-0.15, -0.1) is 0 Å². The molecule has 0 aliphatic carbocycles. The van der Waals surface area contributed by atoms with E-state index in [1.54, 1.807) is 0 Å². The molecule has 0 unspecified atom stereocenters. The monoisotopic (exact) mass is 710 g/mol. The second kappa shape index (κ2) is 15.4. The van der Waals surface area contributed by atoms with Crippen LogP contribution in [0.3, 0.4) is 0 Å². The smallest absolute Gasteiger partial charge is 0.344 e. The van der Waals surface area contributed by atoms with Gasteiger partial charge in [0.25, 0.3) is 0 Å². The first-order valence-electron chi connectivity index (χ1n) is 3.86. The maximum Gasteiger partial charge on any atom is 0.522 e. The zero-order chi connectivity index (χ0) is 21.0. The van der Waals surface area contributed by atoms with Gasteiger partial charge in [0.1, 0.15) is 0 Å². The summed E-state index contributed by atoms with van der Waals surface area (Å²) in [5.41, 5.74) is -16.6. The van der Waals surface area contributed by atoms with Crippen LogP contribution in [0, 0.1) is 0 Å². The minimum Gasteiger partial charge on any atom is -0.344 e. The number of halogens is 9. The summed E-state index contributed by atoms with van der Waals surface area (Å²) in [6, 6.07) is 0. The van der Waals surface area contributed by atoms with Crippen LogP contribution < -0.4 is 24.6 Å². The molecule has 190 valence electrons. The van der Waals surface area contributed by atoms with Gasteiger partial charge in [0, 0.05) is 19.8 Å². The number of hydrogen-bond donors (Lipinski definition) is 7. The molecule has 0 saturated heterocycles. The summed E-state index contributed by atoms with van der Waals surface area (Å²) < 4.78 is 173. The van der Waals surface area contributed by atoms with E-state index < -0.39 is 46.9 Å². The fraction of sp³-hybridized carbons (Fsp3) is 1.00. The van der Waals surface area contributed by atoms with E-state index >= 15 is 0 Å². The Morgan fingerprint density at radius 1 is 0.414 bits per heavy atom. The molecule has 0 aliphatic heterocycles. The molecule has 0 fully saturated rings. The molecule has 0 aliphatic rings. The van der Waals surface area contributed by atoms with E-state index in [0.717, 1.165) is 0 Å². The van der Waals surface area contributed by atoms with E-state index in [1.165, 1.54) is 0 Å². The van der Waals surface area contributed by atoms with Crippen molar-refractivity contribution in [2.24, 2.45) is 0 Å². The molecule has 0 aromatic carbocycles. The standard InChI is InChI=1S/3CHF3O3S.4H3N.Os/c3*2-1(3,4)8(5,6)7;;;;;/h3*(H,5,6,7);4*1H3;. The Morgan fingerprint density at radius 2 is 0.448 bits per heavy atom. The van der Waals surface area contributed by atoms with Crippen LogP contribution in [0.25, 0.3) is 0 Å². The van der Waals surface area contributed by atoms with Gasteiger partial charge in [-0.05, 0) is 0 Å². The van der Waals surface area contributed by atoms with E-state index in [4.69, 9.17) is 38.9 Å². The fourth-order valence-electron chi connectivity index (χ4n) is 0. The Kier molecular flexibility index (Phi) is 27.2. The van der Waals surface area contributed by atoms with Crippen LogP contribution in [0.4, 0.5) is 39.5 Å². The van der Waals surface area contributed by atoms with E-state index in [1.807, 2.05) is 0 Å². The quantitative estimate of drug-likeness (QED) is 0.107. The topological polar surface area (TPSA) is 303 Å². The van der Waals surface area contributed by atoms with Gasteiger partial charge in [0.2, 0.25) is 0 Å². The molecule has 0 heterocycles. The second-order valence-electron chi connectivity index (χ2n) is 2.76. The largest absolute Gasteiger partial charge is 0.522 e. The van der Waals surface area contributed by atoms with Crippen LogP contribution in [0.5, 0.6) is 0 Å². The molecule has 13 nitrogen and oxygen atoms in total. The maximum atomic E-state index is 10.7. The van der Waals surface area contributed by atoms with Gasteiger partial charge < -0.3 is 24.6 Å². The average Bonchev–Trinajstić information content (AvgIpc) is 2.08. The number of hydrogen-bond acceptors (Lipinski definition) is 10. The van der Waals surface area contributed by atoms with Crippen molar-refractivity contribution in [3.8, 4) is 0 Å². The van der Waals surface area contributed by atoms with Crippen LogP contribution in [0.15, 0.2) is 0 Å². The Hall–Kier alpha value is -0.424. The third-order valence-electron chi connectivity index (χ3n) is 0.877. The molecule has 0 rings (SSSR count). The number of alkyl halides is 9. The molecule has 29 heavy (non-hydrogen) atoms. The summed E-state index contributed by atoms with van der Waals surface area (Å²) in [4.78, 5) is 0. The molecule has 0 amide bonds. The van der Waals surface area contributed by atoms with Crippen LogP contribution in [-0.4, -0.2) is 55.4 Å². The Bertz CT molecular complexity index is 613. The summed E-state index contributed by atoms with van der Waals surface area (Å²) >= 11 is 0. The van der Waals surface area contributed by atoms with E-state index in [9.17, 15) is 39.5 Å². The molecular weight excluding hydrogens is 693 g/mol. The third kappa shape index (κ3) is 25.5. The predicted octanol–water partition coefficient (Wildman–Crippen LogP) is 1.83. The first-order valence-corrected chi connectivity index (χ1v) is 8.18. The van der Waals surface area contributed by atoms with Crippen LogP contribution >= 0.6 is 0 Å². The minimum atomic E-state index is -5.84. The summed E-state index contributed by atoms with van der Waals surface area (Å²) in [7, 11) is -17.5. The van der Waals surface area contributed by atoms with Gasteiger partial charge >= 0.3 is 46.9 Å². The minimum absolute atomic E-state index is 0. The maximum absolute atomic E-state index is 10.7. The van der Waals surface area contributed by atoms with E-state index in [2.05, 4.69) is 0 Å². The van der Waals surface area contributed by atoms with E-state index in [-0.39, 0.29) is 44.4 Å². The van der Waals surface area contributed by atoms with Gasteiger partial charge in [-0.3, -0.25) is 13.7 Å². The molecule has 0 atom stereocenters. The summed E-state index contributed by atoms with van der Waals surface area (Å²) in [6.07, 6.45) is 0. The first-order chi connectivity index (χ1) is 9.75. The zero-order valence-electron chi connectivity index (χ0n) is 13.1. The molecule has 0 radical (unpaired) electrons. The Balaban J connectivity index is -0.0000000350. The molecule has 0 spiro atoms. The molecular formula is C3H15F9N4O9OsS3. The van der Waals surface area contributed by atoms with Crippen molar-refractivity contribution in [1.82, 2.24) is 24.6 Å². The van der Waals surface area contributed by atoms with Gasteiger partial charge in [0.05, 0.1) is 0 Å². The normalized spacial score (nSPS) is 11.6. The molecule has 15 N–H and O–H groups in total. The van der Waals surface area contributed by atoms with E-state index in [0.29, 0.717) is 0 Å². The van der Waals surface area contributed by atoms with Gasteiger partial charge in [-0.1, -0.05) is 0 Å². The van der Waals surface area contributed by atoms with Crippen molar-refractivity contribution in [3.05, 3.63) is 0 Å². The van der Waals surface area contributed by atoms with Crippen molar-refractivity contribution >= 4 is 30.4 Å².